The van der Waals surface area contributed by atoms with Crippen LogP contribution in [0, 0.1) is 5.92 Å². The van der Waals surface area contributed by atoms with E-state index in [4.69, 9.17) is 0 Å². The van der Waals surface area contributed by atoms with E-state index >= 15 is 0 Å². The van der Waals surface area contributed by atoms with Crippen molar-refractivity contribution in [2.24, 2.45) is 5.92 Å². The van der Waals surface area contributed by atoms with Crippen molar-refractivity contribution in [3.63, 3.8) is 0 Å². The molecule has 6 heteroatoms. The molecule has 1 saturated heterocycles. The molecule has 0 saturated carbocycles. The predicted octanol–water partition coefficient (Wildman–Crippen LogP) is 6.21. The van der Waals surface area contributed by atoms with Gasteiger partial charge in [0.25, 0.3) is 11.8 Å². The van der Waals surface area contributed by atoms with Crippen molar-refractivity contribution in [1.82, 2.24) is 9.80 Å². The number of benzene rings is 3. The zero-order valence-corrected chi connectivity index (χ0v) is 24.8. The molecule has 3 aliphatic rings. The standard InChI is InChI=1S/C36H40N2O4/c1-3-5-7-8-9-10-20-37(22-39)34(40)28-17-14-25-27-16-19-30-33-29(35(41)38(36(30)42)21-6-4-2)18-15-26(32(27)33)23-12-11-13-24(28)31(23)25/h11-15,17-18,22,30,33H,3-10,16,19-21H2,1-2H3. The van der Waals surface area contributed by atoms with E-state index in [-0.39, 0.29) is 29.6 Å². The molecule has 1 fully saturated rings. The van der Waals surface area contributed by atoms with E-state index in [9.17, 15) is 19.2 Å². The summed E-state index contributed by atoms with van der Waals surface area (Å²) in [5, 5.41) is 5.01. The maximum Gasteiger partial charge on any atom is 0.260 e. The molecular formula is C36H40N2O4. The average Bonchev–Trinajstić information content (AvgIpc) is 3.01. The highest BCUT2D eigenvalue weighted by Crippen LogP contribution is 2.48. The van der Waals surface area contributed by atoms with Crippen molar-refractivity contribution in [2.45, 2.75) is 84.0 Å². The summed E-state index contributed by atoms with van der Waals surface area (Å²) < 4.78 is 0. The summed E-state index contributed by atoms with van der Waals surface area (Å²) in [5.74, 6) is -0.894. The molecule has 0 radical (unpaired) electrons. The topological polar surface area (TPSA) is 74.8 Å². The van der Waals surface area contributed by atoms with Crippen LogP contribution in [0.25, 0.3) is 27.6 Å². The molecule has 6 rings (SSSR count). The van der Waals surface area contributed by atoms with Crippen LogP contribution < -0.4 is 5.22 Å². The first kappa shape index (κ1) is 28.3. The lowest BCUT2D eigenvalue weighted by molar-refractivity contribution is -0.149. The largest absolute Gasteiger partial charge is 0.281 e. The van der Waals surface area contributed by atoms with Gasteiger partial charge in [-0.1, -0.05) is 88.8 Å². The molecular weight excluding hydrogens is 524 g/mol. The molecule has 0 N–H and O–H groups in total. The van der Waals surface area contributed by atoms with Gasteiger partial charge >= 0.3 is 0 Å². The maximum atomic E-state index is 13.7. The number of fused-ring (bicyclic) bond motifs is 2. The van der Waals surface area contributed by atoms with Gasteiger partial charge in [-0.15, -0.1) is 0 Å². The quantitative estimate of drug-likeness (QED) is 0.149. The summed E-state index contributed by atoms with van der Waals surface area (Å²) in [6.45, 7) is 5.16. The van der Waals surface area contributed by atoms with Crippen LogP contribution in [-0.2, 0) is 20.8 Å². The summed E-state index contributed by atoms with van der Waals surface area (Å²) in [5.41, 5.74) is 3.55. The van der Waals surface area contributed by atoms with E-state index in [1.54, 1.807) is 0 Å². The molecule has 1 heterocycles. The summed E-state index contributed by atoms with van der Waals surface area (Å²) >= 11 is 0. The molecule has 0 bridgehead atoms. The molecule has 0 aromatic heterocycles. The zero-order chi connectivity index (χ0) is 29.4. The average molecular weight is 565 g/mol. The first-order valence-electron chi connectivity index (χ1n) is 15.9. The number of hydrogen-bond donors (Lipinski definition) is 0. The molecule has 4 amide bonds. The van der Waals surface area contributed by atoms with Crippen LogP contribution in [0.4, 0.5) is 0 Å². The number of imide groups is 2. The minimum Gasteiger partial charge on any atom is -0.281 e. The SMILES string of the molecule is CCCCCCCCN(C=O)C(=O)c1ccc2c3c4c(c5cccc1c25)=CC=C1C(=O)N(CCCC)C(=O)C(CC3)C14. The Morgan fingerprint density at radius 1 is 0.929 bits per heavy atom. The third-order valence-corrected chi connectivity index (χ3v) is 9.64. The molecule has 6 nitrogen and oxygen atoms in total. The summed E-state index contributed by atoms with van der Waals surface area (Å²) in [7, 11) is 0. The fourth-order valence-corrected chi connectivity index (χ4v) is 7.52. The lowest BCUT2D eigenvalue weighted by Crippen LogP contribution is -2.52. The summed E-state index contributed by atoms with van der Waals surface area (Å²) in [6.07, 6.45) is 14.4. The third kappa shape index (κ3) is 4.56. The number of piperidine rings is 1. The number of hydrogen-bond acceptors (Lipinski definition) is 4. The summed E-state index contributed by atoms with van der Waals surface area (Å²) in [6, 6.07) is 9.90. The number of nitrogens with zero attached hydrogens (tertiary/aromatic N) is 2. The molecule has 2 aliphatic carbocycles. The van der Waals surface area contributed by atoms with Gasteiger partial charge in [-0.3, -0.25) is 29.0 Å². The number of aryl methyl sites for hydroxylation is 1. The molecule has 42 heavy (non-hydrogen) atoms. The smallest absolute Gasteiger partial charge is 0.260 e. The predicted molar refractivity (Wildman–Crippen MR) is 166 cm³/mol. The van der Waals surface area contributed by atoms with Crippen LogP contribution in [0.15, 0.2) is 42.0 Å². The van der Waals surface area contributed by atoms with Crippen molar-refractivity contribution in [1.29, 1.82) is 0 Å². The van der Waals surface area contributed by atoms with Crippen LogP contribution in [0.3, 0.4) is 0 Å². The Balaban J connectivity index is 1.41. The molecule has 1 aliphatic heterocycles. The Bertz CT molecular complexity index is 1670. The van der Waals surface area contributed by atoms with Crippen LogP contribution in [0.1, 0.15) is 99.0 Å². The first-order chi connectivity index (χ1) is 20.5. The van der Waals surface area contributed by atoms with E-state index in [1.807, 2.05) is 36.4 Å². The van der Waals surface area contributed by atoms with Crippen LogP contribution >= 0.6 is 0 Å². The number of likely N-dealkylation sites (tertiary alicyclic amines) is 1. The second kappa shape index (κ2) is 11.8. The second-order valence-corrected chi connectivity index (χ2v) is 12.1. The van der Waals surface area contributed by atoms with E-state index < -0.39 is 0 Å². The van der Waals surface area contributed by atoms with Gasteiger partial charge in [0.15, 0.2) is 0 Å². The zero-order valence-electron chi connectivity index (χ0n) is 24.8. The highest BCUT2D eigenvalue weighted by Gasteiger charge is 2.48. The van der Waals surface area contributed by atoms with Crippen molar-refractivity contribution in [3.05, 3.63) is 63.9 Å². The van der Waals surface area contributed by atoms with E-state index in [1.165, 1.54) is 34.6 Å². The van der Waals surface area contributed by atoms with Gasteiger partial charge in [0, 0.05) is 30.1 Å². The van der Waals surface area contributed by atoms with Gasteiger partial charge in [0.1, 0.15) is 0 Å². The number of allylic oxidation sites excluding steroid dienone is 1. The monoisotopic (exact) mass is 564 g/mol. The minimum atomic E-state index is -0.263. The van der Waals surface area contributed by atoms with Gasteiger partial charge < -0.3 is 0 Å². The number of rotatable bonds is 12. The molecule has 0 spiro atoms. The van der Waals surface area contributed by atoms with Gasteiger partial charge in [-0.2, -0.15) is 0 Å². The van der Waals surface area contributed by atoms with Gasteiger partial charge in [-0.25, -0.2) is 0 Å². The Labute approximate surface area is 247 Å². The van der Waals surface area contributed by atoms with Gasteiger partial charge in [0.05, 0.1) is 5.92 Å². The highest BCUT2D eigenvalue weighted by molar-refractivity contribution is 6.21. The Hall–Kier alpha value is -3.80. The Morgan fingerprint density at radius 2 is 1.69 bits per heavy atom. The van der Waals surface area contributed by atoms with Crippen LogP contribution in [-0.4, -0.2) is 47.0 Å². The lowest BCUT2D eigenvalue weighted by Gasteiger charge is -2.43. The molecule has 3 aromatic carbocycles. The number of carbonyl (C=O) groups is 4. The van der Waals surface area contributed by atoms with Crippen LogP contribution in [0.5, 0.6) is 0 Å². The summed E-state index contributed by atoms with van der Waals surface area (Å²) in [4.78, 5) is 55.6. The van der Waals surface area contributed by atoms with E-state index in [0.29, 0.717) is 31.5 Å². The molecule has 218 valence electrons. The maximum absolute atomic E-state index is 13.7. The molecule has 2 unspecified atom stereocenters. The van der Waals surface area contributed by atoms with E-state index in [0.717, 1.165) is 76.4 Å². The second-order valence-electron chi connectivity index (χ2n) is 12.1. The fraction of sp³-hybridized carbons (Fsp3) is 0.444. The molecule has 3 aromatic rings. The van der Waals surface area contributed by atoms with Crippen LogP contribution in [0.2, 0.25) is 0 Å². The Morgan fingerprint density at radius 3 is 2.48 bits per heavy atom. The van der Waals surface area contributed by atoms with Gasteiger partial charge in [0.2, 0.25) is 12.3 Å². The van der Waals surface area contributed by atoms with E-state index in [2.05, 4.69) is 19.9 Å². The molecule has 2 atom stereocenters. The first-order valence-corrected chi connectivity index (χ1v) is 15.9. The van der Waals surface area contributed by atoms with Crippen molar-refractivity contribution in [3.8, 4) is 0 Å². The minimum absolute atomic E-state index is 0.0346. The lowest BCUT2D eigenvalue weighted by atomic mass is 9.65. The number of carbonyl (C=O) groups excluding carboxylic acids is 4. The normalized spacial score (nSPS) is 19.1. The fourth-order valence-electron chi connectivity index (χ4n) is 7.52. The number of amides is 4. The Kier molecular flexibility index (Phi) is 7.98. The number of unbranched alkanes of at least 4 members (excludes halogenated alkanes) is 6. The van der Waals surface area contributed by atoms with Gasteiger partial charge in [-0.05, 0) is 69.6 Å². The third-order valence-electron chi connectivity index (χ3n) is 9.64. The van der Waals surface area contributed by atoms with Crippen molar-refractivity contribution in [2.75, 3.05) is 13.1 Å². The van der Waals surface area contributed by atoms with Crippen molar-refractivity contribution >= 4 is 51.8 Å². The van der Waals surface area contributed by atoms with Crippen molar-refractivity contribution < 1.29 is 19.2 Å². The highest BCUT2D eigenvalue weighted by atomic mass is 16.2.